The minimum Gasteiger partial charge on any atom is -0.355 e. The number of rotatable bonds is 6. The number of hydrogen-bond donors (Lipinski definition) is 1. The SMILES string of the molecule is Cc1ccc(CCC(=O)NCCN2CCCCC2)cc1. The molecule has 0 atom stereocenters. The minimum atomic E-state index is 0.169. The summed E-state index contributed by atoms with van der Waals surface area (Å²) in [4.78, 5) is 14.2. The van der Waals surface area contributed by atoms with Gasteiger partial charge < -0.3 is 10.2 Å². The molecule has 0 bridgehead atoms. The third-order valence-electron chi connectivity index (χ3n) is 3.96. The quantitative estimate of drug-likeness (QED) is 0.864. The van der Waals surface area contributed by atoms with E-state index in [1.807, 2.05) is 0 Å². The molecular weight excluding hydrogens is 248 g/mol. The Balaban J connectivity index is 1.59. The van der Waals surface area contributed by atoms with E-state index in [1.165, 1.54) is 43.5 Å². The van der Waals surface area contributed by atoms with Crippen molar-refractivity contribution in [1.82, 2.24) is 10.2 Å². The molecule has 3 nitrogen and oxygen atoms in total. The minimum absolute atomic E-state index is 0.169. The van der Waals surface area contributed by atoms with Gasteiger partial charge in [-0.3, -0.25) is 4.79 Å². The van der Waals surface area contributed by atoms with Crippen LogP contribution in [0.1, 0.15) is 36.8 Å². The molecule has 1 N–H and O–H groups in total. The molecule has 0 radical (unpaired) electrons. The van der Waals surface area contributed by atoms with Crippen LogP contribution in [0.4, 0.5) is 0 Å². The fourth-order valence-corrected chi connectivity index (χ4v) is 2.64. The molecule has 110 valence electrons. The van der Waals surface area contributed by atoms with E-state index >= 15 is 0 Å². The summed E-state index contributed by atoms with van der Waals surface area (Å²) in [7, 11) is 0. The van der Waals surface area contributed by atoms with Gasteiger partial charge in [0.15, 0.2) is 0 Å². The van der Waals surface area contributed by atoms with E-state index in [-0.39, 0.29) is 5.91 Å². The number of piperidine rings is 1. The lowest BCUT2D eigenvalue weighted by molar-refractivity contribution is -0.121. The van der Waals surface area contributed by atoms with E-state index in [4.69, 9.17) is 0 Å². The molecule has 20 heavy (non-hydrogen) atoms. The fraction of sp³-hybridized carbons (Fsp3) is 0.588. The van der Waals surface area contributed by atoms with Crippen molar-refractivity contribution in [2.45, 2.75) is 39.0 Å². The first kappa shape index (κ1) is 15.0. The molecule has 1 amide bonds. The number of nitrogens with zero attached hydrogens (tertiary/aromatic N) is 1. The van der Waals surface area contributed by atoms with Crippen molar-refractivity contribution in [3.63, 3.8) is 0 Å². The first-order chi connectivity index (χ1) is 9.74. The summed E-state index contributed by atoms with van der Waals surface area (Å²) in [5.74, 6) is 0.169. The lowest BCUT2D eigenvalue weighted by Crippen LogP contribution is -2.37. The topological polar surface area (TPSA) is 32.3 Å². The number of hydrogen-bond acceptors (Lipinski definition) is 2. The van der Waals surface area contributed by atoms with Gasteiger partial charge in [-0.05, 0) is 44.8 Å². The Morgan fingerprint density at radius 1 is 1.15 bits per heavy atom. The van der Waals surface area contributed by atoms with Crippen LogP contribution >= 0.6 is 0 Å². The van der Waals surface area contributed by atoms with E-state index in [0.29, 0.717) is 6.42 Å². The molecule has 1 heterocycles. The Kier molecular flexibility index (Phi) is 6.06. The summed E-state index contributed by atoms with van der Waals surface area (Å²) >= 11 is 0. The molecule has 1 aliphatic rings. The van der Waals surface area contributed by atoms with Crippen LogP contribution < -0.4 is 5.32 Å². The van der Waals surface area contributed by atoms with Gasteiger partial charge in [0, 0.05) is 19.5 Å². The summed E-state index contributed by atoms with van der Waals surface area (Å²) in [6, 6.07) is 8.42. The standard InChI is InChI=1S/C17H26N2O/c1-15-5-7-16(8-6-15)9-10-17(20)18-11-14-19-12-3-2-4-13-19/h5-8H,2-4,9-14H2,1H3,(H,18,20). The van der Waals surface area contributed by atoms with Crippen molar-refractivity contribution >= 4 is 5.91 Å². The van der Waals surface area contributed by atoms with Crippen LogP contribution in [0.2, 0.25) is 0 Å². The molecule has 2 rings (SSSR count). The molecular formula is C17H26N2O. The first-order valence-electron chi connectivity index (χ1n) is 7.78. The monoisotopic (exact) mass is 274 g/mol. The maximum atomic E-state index is 11.8. The summed E-state index contributed by atoms with van der Waals surface area (Å²) in [6.07, 6.45) is 5.39. The summed E-state index contributed by atoms with van der Waals surface area (Å²) < 4.78 is 0. The van der Waals surface area contributed by atoms with Gasteiger partial charge in [0.1, 0.15) is 0 Å². The Hall–Kier alpha value is -1.35. The Bertz CT molecular complexity index is 408. The van der Waals surface area contributed by atoms with Gasteiger partial charge in [-0.25, -0.2) is 0 Å². The highest BCUT2D eigenvalue weighted by Gasteiger charge is 2.09. The third kappa shape index (κ3) is 5.33. The first-order valence-corrected chi connectivity index (χ1v) is 7.78. The predicted octanol–water partition coefficient (Wildman–Crippen LogP) is 2.53. The smallest absolute Gasteiger partial charge is 0.220 e. The molecule has 0 saturated carbocycles. The summed E-state index contributed by atoms with van der Waals surface area (Å²) in [6.45, 7) is 6.25. The average molecular weight is 274 g/mol. The predicted molar refractivity (Wildman–Crippen MR) is 82.8 cm³/mol. The average Bonchev–Trinajstić information content (AvgIpc) is 2.48. The normalized spacial score (nSPS) is 16.1. The number of carbonyl (C=O) groups is 1. The van der Waals surface area contributed by atoms with Gasteiger partial charge in [-0.2, -0.15) is 0 Å². The van der Waals surface area contributed by atoms with Crippen molar-refractivity contribution in [3.05, 3.63) is 35.4 Å². The van der Waals surface area contributed by atoms with Crippen LogP contribution in [-0.2, 0) is 11.2 Å². The highest BCUT2D eigenvalue weighted by molar-refractivity contribution is 5.76. The zero-order chi connectivity index (χ0) is 14.2. The van der Waals surface area contributed by atoms with Crippen LogP contribution in [0, 0.1) is 6.92 Å². The van der Waals surface area contributed by atoms with Crippen LogP contribution in [0.15, 0.2) is 24.3 Å². The molecule has 1 aliphatic heterocycles. The van der Waals surface area contributed by atoms with Crippen LogP contribution in [0.5, 0.6) is 0 Å². The molecule has 0 aliphatic carbocycles. The van der Waals surface area contributed by atoms with E-state index < -0.39 is 0 Å². The molecule has 0 aromatic heterocycles. The summed E-state index contributed by atoms with van der Waals surface area (Å²) in [5.41, 5.74) is 2.50. The van der Waals surface area contributed by atoms with Crippen molar-refractivity contribution in [1.29, 1.82) is 0 Å². The van der Waals surface area contributed by atoms with Crippen molar-refractivity contribution in [2.75, 3.05) is 26.2 Å². The summed E-state index contributed by atoms with van der Waals surface area (Å²) in [5, 5.41) is 3.03. The second-order valence-electron chi connectivity index (χ2n) is 5.74. The van der Waals surface area contributed by atoms with Crippen LogP contribution in [-0.4, -0.2) is 37.0 Å². The van der Waals surface area contributed by atoms with Crippen LogP contribution in [0.25, 0.3) is 0 Å². The Morgan fingerprint density at radius 2 is 1.85 bits per heavy atom. The van der Waals surface area contributed by atoms with Gasteiger partial charge in [0.2, 0.25) is 5.91 Å². The van der Waals surface area contributed by atoms with Gasteiger partial charge in [0.05, 0.1) is 0 Å². The number of likely N-dealkylation sites (tertiary alicyclic amines) is 1. The fourth-order valence-electron chi connectivity index (χ4n) is 2.64. The van der Waals surface area contributed by atoms with Gasteiger partial charge in [0.25, 0.3) is 0 Å². The number of amides is 1. The molecule has 1 fully saturated rings. The van der Waals surface area contributed by atoms with Crippen molar-refractivity contribution in [3.8, 4) is 0 Å². The molecule has 3 heteroatoms. The number of aryl methyl sites for hydroxylation is 2. The van der Waals surface area contributed by atoms with Gasteiger partial charge in [-0.15, -0.1) is 0 Å². The Labute approximate surface area is 122 Å². The number of carbonyl (C=O) groups excluding carboxylic acids is 1. The van der Waals surface area contributed by atoms with E-state index in [2.05, 4.69) is 41.4 Å². The van der Waals surface area contributed by atoms with E-state index in [1.54, 1.807) is 0 Å². The molecule has 1 saturated heterocycles. The van der Waals surface area contributed by atoms with Crippen molar-refractivity contribution < 1.29 is 4.79 Å². The lowest BCUT2D eigenvalue weighted by atomic mass is 10.1. The van der Waals surface area contributed by atoms with E-state index in [0.717, 1.165) is 19.5 Å². The highest BCUT2D eigenvalue weighted by atomic mass is 16.1. The van der Waals surface area contributed by atoms with Gasteiger partial charge >= 0.3 is 0 Å². The number of benzene rings is 1. The van der Waals surface area contributed by atoms with Gasteiger partial charge in [-0.1, -0.05) is 36.2 Å². The van der Waals surface area contributed by atoms with Crippen LogP contribution in [0.3, 0.4) is 0 Å². The zero-order valence-electron chi connectivity index (χ0n) is 12.5. The molecule has 1 aromatic carbocycles. The van der Waals surface area contributed by atoms with E-state index in [9.17, 15) is 4.79 Å². The molecule has 1 aromatic rings. The largest absolute Gasteiger partial charge is 0.355 e. The third-order valence-corrected chi connectivity index (χ3v) is 3.96. The van der Waals surface area contributed by atoms with Crippen molar-refractivity contribution in [2.24, 2.45) is 0 Å². The second kappa shape index (κ2) is 8.05. The highest BCUT2D eigenvalue weighted by Crippen LogP contribution is 2.07. The maximum absolute atomic E-state index is 11.8. The number of nitrogens with one attached hydrogen (secondary N) is 1. The molecule has 0 unspecified atom stereocenters. The molecule has 0 spiro atoms. The zero-order valence-corrected chi connectivity index (χ0v) is 12.5. The Morgan fingerprint density at radius 3 is 2.55 bits per heavy atom. The maximum Gasteiger partial charge on any atom is 0.220 e. The lowest BCUT2D eigenvalue weighted by Gasteiger charge is -2.26. The second-order valence-corrected chi connectivity index (χ2v) is 5.74.